The van der Waals surface area contributed by atoms with E-state index < -0.39 is 5.97 Å². The molecule has 2 rings (SSSR count). The highest BCUT2D eigenvalue weighted by Crippen LogP contribution is 2.42. The highest BCUT2D eigenvalue weighted by atomic mass is 32.1. The molecule has 0 aliphatic carbocycles. The van der Waals surface area contributed by atoms with E-state index in [4.69, 9.17) is 18.9 Å². The summed E-state index contributed by atoms with van der Waals surface area (Å²) in [5, 5.41) is 0. The number of nitrogens with zero attached hydrogens (tertiary/aromatic N) is 1. The molecule has 0 saturated heterocycles. The lowest BCUT2D eigenvalue weighted by molar-refractivity contribution is 0.0596. The zero-order chi connectivity index (χ0) is 15.4. The smallest absolute Gasteiger partial charge is 0.358 e. The van der Waals surface area contributed by atoms with Gasteiger partial charge in [-0.3, -0.25) is 0 Å². The van der Waals surface area contributed by atoms with Crippen LogP contribution < -0.4 is 14.2 Å². The van der Waals surface area contributed by atoms with Crippen molar-refractivity contribution in [3.8, 4) is 27.7 Å². The Balaban J connectivity index is 2.63. The van der Waals surface area contributed by atoms with Crippen molar-refractivity contribution in [1.29, 1.82) is 0 Å². The molecule has 0 aliphatic heterocycles. The van der Waals surface area contributed by atoms with Crippen LogP contribution in [0.1, 0.15) is 10.5 Å². The van der Waals surface area contributed by atoms with Crippen molar-refractivity contribution in [2.75, 3.05) is 28.4 Å². The summed E-state index contributed by atoms with van der Waals surface area (Å²) in [5.74, 6) is 1.14. The van der Waals surface area contributed by atoms with E-state index in [-0.39, 0.29) is 5.69 Å². The van der Waals surface area contributed by atoms with Crippen LogP contribution in [-0.4, -0.2) is 39.4 Å². The number of carbonyl (C=O) groups is 1. The van der Waals surface area contributed by atoms with Crippen molar-refractivity contribution >= 4 is 17.3 Å². The summed E-state index contributed by atoms with van der Waals surface area (Å²) in [6.45, 7) is 0. The number of esters is 1. The fourth-order valence-electron chi connectivity index (χ4n) is 1.89. The minimum absolute atomic E-state index is 0.244. The van der Waals surface area contributed by atoms with Gasteiger partial charge < -0.3 is 18.9 Å². The molecule has 1 aromatic carbocycles. The highest BCUT2D eigenvalue weighted by molar-refractivity contribution is 7.13. The van der Waals surface area contributed by atoms with Crippen LogP contribution in [-0.2, 0) is 4.74 Å². The van der Waals surface area contributed by atoms with Gasteiger partial charge in [0.15, 0.2) is 17.2 Å². The molecule has 0 bridgehead atoms. The van der Waals surface area contributed by atoms with Crippen LogP contribution in [0.3, 0.4) is 0 Å². The summed E-state index contributed by atoms with van der Waals surface area (Å²) in [5.41, 5.74) is 2.52. The topological polar surface area (TPSA) is 66.9 Å². The van der Waals surface area contributed by atoms with E-state index in [2.05, 4.69) is 4.98 Å². The largest absolute Gasteiger partial charge is 0.496 e. The van der Waals surface area contributed by atoms with E-state index in [0.29, 0.717) is 27.7 Å². The summed E-state index contributed by atoms with van der Waals surface area (Å²) in [4.78, 5) is 16.5. The Morgan fingerprint density at radius 3 is 2.19 bits per heavy atom. The van der Waals surface area contributed by atoms with E-state index in [1.165, 1.54) is 18.4 Å². The van der Waals surface area contributed by atoms with E-state index in [0.717, 1.165) is 0 Å². The van der Waals surface area contributed by atoms with Gasteiger partial charge in [0, 0.05) is 11.6 Å². The first-order valence-corrected chi connectivity index (χ1v) is 6.86. The van der Waals surface area contributed by atoms with Crippen LogP contribution in [0, 0.1) is 0 Å². The molecular formula is C14H15NO5S. The van der Waals surface area contributed by atoms with Crippen molar-refractivity contribution in [2.45, 2.75) is 0 Å². The number of hydrogen-bond acceptors (Lipinski definition) is 7. The number of thiazole rings is 1. The second-order valence-electron chi connectivity index (χ2n) is 3.93. The molecule has 0 aliphatic rings. The molecule has 1 aromatic heterocycles. The van der Waals surface area contributed by atoms with E-state index in [1.54, 1.807) is 39.0 Å². The summed E-state index contributed by atoms with van der Waals surface area (Å²) in [7, 11) is 5.95. The lowest BCUT2D eigenvalue weighted by atomic mass is 10.1. The number of ether oxygens (including phenoxy) is 4. The van der Waals surface area contributed by atoms with Crippen LogP contribution in [0.5, 0.6) is 17.2 Å². The van der Waals surface area contributed by atoms with Gasteiger partial charge in [0.05, 0.1) is 38.8 Å². The first kappa shape index (κ1) is 15.1. The Bertz CT molecular complexity index is 653. The van der Waals surface area contributed by atoms with Gasteiger partial charge in [0.25, 0.3) is 0 Å². The number of rotatable bonds is 5. The Morgan fingerprint density at radius 2 is 1.62 bits per heavy atom. The number of benzene rings is 1. The first-order chi connectivity index (χ1) is 10.2. The van der Waals surface area contributed by atoms with Crippen LogP contribution in [0.4, 0.5) is 0 Å². The van der Waals surface area contributed by atoms with Crippen LogP contribution in [0.25, 0.3) is 10.4 Å². The van der Waals surface area contributed by atoms with Gasteiger partial charge in [-0.25, -0.2) is 9.78 Å². The molecule has 1 heterocycles. The molecule has 0 spiro atoms. The Kier molecular flexibility index (Phi) is 4.64. The van der Waals surface area contributed by atoms with Gasteiger partial charge in [-0.1, -0.05) is 0 Å². The van der Waals surface area contributed by atoms with Gasteiger partial charge in [-0.2, -0.15) is 0 Å². The second-order valence-corrected chi connectivity index (χ2v) is 4.78. The van der Waals surface area contributed by atoms with Crippen molar-refractivity contribution in [3.05, 3.63) is 23.3 Å². The molecule has 0 unspecified atom stereocenters. The molecule has 0 amide bonds. The molecule has 0 N–H and O–H groups in total. The quantitative estimate of drug-likeness (QED) is 0.791. The maximum atomic E-state index is 11.8. The monoisotopic (exact) mass is 309 g/mol. The normalized spacial score (nSPS) is 10.1. The summed E-state index contributed by atoms with van der Waals surface area (Å²) < 4.78 is 20.6. The van der Waals surface area contributed by atoms with Crippen molar-refractivity contribution in [3.63, 3.8) is 0 Å². The summed E-state index contributed by atoms with van der Waals surface area (Å²) in [6, 6.07) is 3.45. The standard InChI is InChI=1S/C14H15NO5S/c1-17-9-6-11(19-3)10(18-2)5-8(9)13-12(14(16)20-4)15-7-21-13/h5-7H,1-4H3. The van der Waals surface area contributed by atoms with Gasteiger partial charge in [0.2, 0.25) is 0 Å². The van der Waals surface area contributed by atoms with E-state index in [9.17, 15) is 4.79 Å². The predicted molar refractivity (Wildman–Crippen MR) is 78.5 cm³/mol. The zero-order valence-corrected chi connectivity index (χ0v) is 12.9. The average molecular weight is 309 g/mol. The maximum absolute atomic E-state index is 11.8. The van der Waals surface area contributed by atoms with Crippen LogP contribution in [0.15, 0.2) is 17.6 Å². The Morgan fingerprint density at radius 1 is 1.00 bits per heavy atom. The molecule has 112 valence electrons. The molecule has 0 radical (unpaired) electrons. The number of hydrogen-bond donors (Lipinski definition) is 0. The lowest BCUT2D eigenvalue weighted by Gasteiger charge is -2.13. The predicted octanol–water partition coefficient (Wildman–Crippen LogP) is 2.62. The average Bonchev–Trinajstić information content (AvgIpc) is 3.01. The molecule has 6 nitrogen and oxygen atoms in total. The van der Waals surface area contributed by atoms with Gasteiger partial charge in [-0.15, -0.1) is 11.3 Å². The Hall–Kier alpha value is -2.28. The van der Waals surface area contributed by atoms with Gasteiger partial charge in [-0.05, 0) is 6.07 Å². The summed E-state index contributed by atoms with van der Waals surface area (Å²) >= 11 is 1.32. The third-order valence-corrected chi connectivity index (χ3v) is 3.76. The van der Waals surface area contributed by atoms with Gasteiger partial charge >= 0.3 is 5.97 Å². The fraction of sp³-hybridized carbons (Fsp3) is 0.286. The fourth-order valence-corrected chi connectivity index (χ4v) is 2.68. The summed E-state index contributed by atoms with van der Waals surface area (Å²) in [6.07, 6.45) is 0. The molecule has 0 saturated carbocycles. The first-order valence-electron chi connectivity index (χ1n) is 5.98. The van der Waals surface area contributed by atoms with Crippen LogP contribution in [0.2, 0.25) is 0 Å². The molecule has 0 fully saturated rings. The molecular weight excluding hydrogens is 294 g/mol. The number of carbonyl (C=O) groups excluding carboxylic acids is 1. The zero-order valence-electron chi connectivity index (χ0n) is 12.1. The maximum Gasteiger partial charge on any atom is 0.358 e. The van der Waals surface area contributed by atoms with Gasteiger partial charge in [0.1, 0.15) is 5.75 Å². The SMILES string of the molecule is COC(=O)c1ncsc1-c1cc(OC)c(OC)cc1OC. The van der Waals surface area contributed by atoms with Crippen molar-refractivity contribution in [2.24, 2.45) is 0 Å². The minimum atomic E-state index is -0.497. The third kappa shape index (κ3) is 2.78. The molecule has 7 heteroatoms. The molecule has 0 atom stereocenters. The van der Waals surface area contributed by atoms with E-state index in [1.807, 2.05) is 0 Å². The van der Waals surface area contributed by atoms with Crippen molar-refractivity contribution < 1.29 is 23.7 Å². The van der Waals surface area contributed by atoms with Crippen LogP contribution >= 0.6 is 11.3 Å². The van der Waals surface area contributed by atoms with Crippen molar-refractivity contribution in [1.82, 2.24) is 4.98 Å². The lowest BCUT2D eigenvalue weighted by Crippen LogP contribution is -2.03. The Labute approximate surface area is 126 Å². The number of aromatic nitrogens is 1. The molecule has 2 aromatic rings. The third-order valence-electron chi connectivity index (χ3n) is 2.90. The van der Waals surface area contributed by atoms with E-state index >= 15 is 0 Å². The second kappa shape index (κ2) is 6.45. The highest BCUT2D eigenvalue weighted by Gasteiger charge is 2.22. The minimum Gasteiger partial charge on any atom is -0.496 e. The molecule has 21 heavy (non-hydrogen) atoms. The number of methoxy groups -OCH3 is 4.